The predicted molar refractivity (Wildman–Crippen MR) is 78.0 cm³/mol. The topological polar surface area (TPSA) is 29.5 Å². The molecule has 1 aromatic rings. The first-order valence-electron chi connectivity index (χ1n) is 6.96. The van der Waals surface area contributed by atoms with Crippen molar-refractivity contribution in [2.75, 3.05) is 13.1 Å². The number of hydrogen-bond acceptors (Lipinski definition) is 4. The van der Waals surface area contributed by atoms with Gasteiger partial charge in [0.1, 0.15) is 0 Å². The van der Waals surface area contributed by atoms with Crippen molar-refractivity contribution in [3.8, 4) is 0 Å². The Morgan fingerprint density at radius 3 is 2.53 bits per heavy atom. The number of likely N-dealkylation sites (tertiary alicyclic amines) is 1. The van der Waals surface area contributed by atoms with Crippen LogP contribution in [0, 0.1) is 5.41 Å². The third-order valence-electron chi connectivity index (χ3n) is 3.38. The zero-order valence-electron chi connectivity index (χ0n) is 12.0. The largest absolute Gasteiger partial charge is 0.442 e. The second-order valence-corrected chi connectivity index (χ2v) is 6.94. The van der Waals surface area contributed by atoms with Gasteiger partial charge in [0, 0.05) is 18.7 Å². The maximum absolute atomic E-state index is 12.2. The Kier molecular flexibility index (Phi) is 4.63. The highest BCUT2D eigenvalue weighted by Crippen LogP contribution is 2.30. The molecule has 1 aliphatic heterocycles. The molecular formula is C15H23NO2S. The number of thiophene rings is 1. The van der Waals surface area contributed by atoms with Gasteiger partial charge < -0.3 is 4.74 Å². The Balaban J connectivity index is 2.13. The molecule has 0 aromatic carbocycles. The number of carbonyl (C=O) groups excluding carboxylic acids is 1. The molecule has 2 rings (SSSR count). The third kappa shape index (κ3) is 3.80. The molecule has 1 saturated heterocycles. The van der Waals surface area contributed by atoms with E-state index in [0.29, 0.717) is 0 Å². The lowest BCUT2D eigenvalue weighted by Gasteiger charge is -2.35. The van der Waals surface area contributed by atoms with Gasteiger partial charge in [-0.2, -0.15) is 11.3 Å². The average molecular weight is 281 g/mol. The van der Waals surface area contributed by atoms with Crippen LogP contribution < -0.4 is 0 Å². The first-order valence-corrected chi connectivity index (χ1v) is 7.90. The molecule has 1 aromatic heterocycles. The third-order valence-corrected chi connectivity index (χ3v) is 4.08. The zero-order valence-corrected chi connectivity index (χ0v) is 12.8. The van der Waals surface area contributed by atoms with Crippen molar-refractivity contribution < 1.29 is 9.53 Å². The molecule has 106 valence electrons. The normalized spacial score (nSPS) is 19.1. The molecule has 1 aliphatic rings. The summed E-state index contributed by atoms with van der Waals surface area (Å²) < 4.78 is 5.79. The SMILES string of the molecule is CC(C)(C)C(=O)OC(c1ccsc1)N1CCCCC1. The summed E-state index contributed by atoms with van der Waals surface area (Å²) in [6.45, 7) is 7.72. The van der Waals surface area contributed by atoms with Crippen LogP contribution in [0.3, 0.4) is 0 Å². The molecule has 0 N–H and O–H groups in total. The first-order chi connectivity index (χ1) is 8.98. The van der Waals surface area contributed by atoms with Crippen molar-refractivity contribution in [3.05, 3.63) is 22.4 Å². The minimum atomic E-state index is -0.454. The Morgan fingerprint density at radius 2 is 2.00 bits per heavy atom. The standard InChI is InChI=1S/C15H23NO2S/c1-15(2,3)14(17)18-13(12-7-10-19-11-12)16-8-5-4-6-9-16/h7,10-11,13H,4-6,8-9H2,1-3H3. The summed E-state index contributed by atoms with van der Waals surface area (Å²) in [5.41, 5.74) is 0.647. The number of hydrogen-bond donors (Lipinski definition) is 0. The van der Waals surface area contributed by atoms with E-state index in [2.05, 4.69) is 16.3 Å². The molecular weight excluding hydrogens is 258 g/mol. The van der Waals surface area contributed by atoms with E-state index in [1.165, 1.54) is 19.3 Å². The van der Waals surface area contributed by atoms with Crippen molar-refractivity contribution in [2.24, 2.45) is 5.41 Å². The summed E-state index contributed by atoms with van der Waals surface area (Å²) in [7, 11) is 0. The molecule has 0 aliphatic carbocycles. The lowest BCUT2D eigenvalue weighted by molar-refractivity contribution is -0.171. The molecule has 0 amide bonds. The van der Waals surface area contributed by atoms with Gasteiger partial charge in [-0.25, -0.2) is 0 Å². The highest BCUT2D eigenvalue weighted by atomic mass is 32.1. The fourth-order valence-corrected chi connectivity index (χ4v) is 2.87. The summed E-state index contributed by atoms with van der Waals surface area (Å²) in [6, 6.07) is 2.06. The quantitative estimate of drug-likeness (QED) is 0.789. The fourth-order valence-electron chi connectivity index (χ4n) is 2.20. The molecule has 3 nitrogen and oxygen atoms in total. The van der Waals surface area contributed by atoms with Crippen molar-refractivity contribution in [3.63, 3.8) is 0 Å². The van der Waals surface area contributed by atoms with Crippen LogP contribution in [-0.4, -0.2) is 24.0 Å². The van der Waals surface area contributed by atoms with Gasteiger partial charge in [0.15, 0.2) is 6.23 Å². The van der Waals surface area contributed by atoms with Crippen molar-refractivity contribution in [1.82, 2.24) is 4.90 Å². The second-order valence-electron chi connectivity index (χ2n) is 6.16. The molecule has 1 fully saturated rings. The van der Waals surface area contributed by atoms with Crippen molar-refractivity contribution >= 4 is 17.3 Å². The summed E-state index contributed by atoms with van der Waals surface area (Å²) in [5.74, 6) is -0.130. The summed E-state index contributed by atoms with van der Waals surface area (Å²) in [5, 5.41) is 4.12. The van der Waals surface area contributed by atoms with Crippen molar-refractivity contribution in [2.45, 2.75) is 46.3 Å². The minimum absolute atomic E-state index is 0.130. The average Bonchev–Trinajstić information content (AvgIpc) is 2.89. The zero-order chi connectivity index (χ0) is 13.9. The van der Waals surface area contributed by atoms with E-state index < -0.39 is 5.41 Å². The van der Waals surface area contributed by atoms with Gasteiger partial charge in [0.25, 0.3) is 0 Å². The molecule has 1 unspecified atom stereocenters. The first kappa shape index (κ1) is 14.5. The highest BCUT2D eigenvalue weighted by Gasteiger charge is 2.31. The predicted octanol–water partition coefficient (Wildman–Crippen LogP) is 3.82. The van der Waals surface area contributed by atoms with Crippen LogP contribution in [0.2, 0.25) is 0 Å². The second kappa shape index (κ2) is 6.06. The van der Waals surface area contributed by atoms with Crippen LogP contribution in [-0.2, 0) is 9.53 Å². The molecule has 4 heteroatoms. The van der Waals surface area contributed by atoms with Gasteiger partial charge in [-0.3, -0.25) is 9.69 Å². The Morgan fingerprint density at radius 1 is 1.32 bits per heavy atom. The Hall–Kier alpha value is -0.870. The molecule has 0 saturated carbocycles. The minimum Gasteiger partial charge on any atom is -0.442 e. The fraction of sp³-hybridized carbons (Fsp3) is 0.667. The van der Waals surface area contributed by atoms with E-state index >= 15 is 0 Å². The maximum atomic E-state index is 12.2. The monoisotopic (exact) mass is 281 g/mol. The van der Waals surface area contributed by atoms with Crippen LogP contribution in [0.25, 0.3) is 0 Å². The molecule has 0 spiro atoms. The van der Waals surface area contributed by atoms with Gasteiger partial charge in [0.05, 0.1) is 5.41 Å². The summed E-state index contributed by atoms with van der Waals surface area (Å²) in [4.78, 5) is 14.5. The van der Waals surface area contributed by atoms with E-state index in [1.54, 1.807) is 11.3 Å². The van der Waals surface area contributed by atoms with Crippen LogP contribution in [0.5, 0.6) is 0 Å². The van der Waals surface area contributed by atoms with E-state index in [9.17, 15) is 4.79 Å². The molecule has 0 radical (unpaired) electrons. The number of rotatable bonds is 3. The van der Waals surface area contributed by atoms with E-state index in [1.807, 2.05) is 26.2 Å². The number of esters is 1. The lowest BCUT2D eigenvalue weighted by Crippen LogP contribution is -2.38. The number of nitrogens with zero attached hydrogens (tertiary/aromatic N) is 1. The van der Waals surface area contributed by atoms with Crippen LogP contribution >= 0.6 is 11.3 Å². The molecule has 0 bridgehead atoms. The maximum Gasteiger partial charge on any atom is 0.313 e. The molecule has 19 heavy (non-hydrogen) atoms. The van der Waals surface area contributed by atoms with E-state index in [4.69, 9.17) is 4.74 Å². The van der Waals surface area contributed by atoms with Gasteiger partial charge in [-0.15, -0.1) is 0 Å². The lowest BCUT2D eigenvalue weighted by atomic mass is 9.97. The molecule has 1 atom stereocenters. The van der Waals surface area contributed by atoms with Gasteiger partial charge in [-0.1, -0.05) is 6.42 Å². The Labute approximate surface area is 119 Å². The summed E-state index contributed by atoms with van der Waals surface area (Å²) >= 11 is 1.65. The van der Waals surface area contributed by atoms with Crippen LogP contribution in [0.15, 0.2) is 16.8 Å². The smallest absolute Gasteiger partial charge is 0.313 e. The van der Waals surface area contributed by atoms with Gasteiger partial charge in [0.2, 0.25) is 0 Å². The number of carbonyl (C=O) groups is 1. The highest BCUT2D eigenvalue weighted by molar-refractivity contribution is 7.07. The van der Waals surface area contributed by atoms with Gasteiger partial charge >= 0.3 is 5.97 Å². The number of piperidine rings is 1. The van der Waals surface area contributed by atoms with Crippen molar-refractivity contribution in [1.29, 1.82) is 0 Å². The van der Waals surface area contributed by atoms with E-state index in [0.717, 1.165) is 18.7 Å². The summed E-state index contributed by atoms with van der Waals surface area (Å²) in [6.07, 6.45) is 3.44. The number of ether oxygens (including phenoxy) is 1. The van der Waals surface area contributed by atoms with Crippen LogP contribution in [0.1, 0.15) is 51.8 Å². The Bertz CT molecular complexity index is 402. The van der Waals surface area contributed by atoms with E-state index in [-0.39, 0.29) is 12.2 Å². The molecule has 2 heterocycles. The van der Waals surface area contributed by atoms with Crippen LogP contribution in [0.4, 0.5) is 0 Å². The van der Waals surface area contributed by atoms with Gasteiger partial charge in [-0.05, 0) is 50.4 Å².